The molecule has 0 aromatic heterocycles. The number of benzene rings is 1. The number of alkyl halides is 1. The van der Waals surface area contributed by atoms with Crippen LogP contribution in [0.4, 0.5) is 4.39 Å². The van der Waals surface area contributed by atoms with Gasteiger partial charge in [-0.05, 0) is 30.4 Å². The minimum atomic E-state index is -0.394. The van der Waals surface area contributed by atoms with Gasteiger partial charge in [-0.15, -0.1) is 0 Å². The summed E-state index contributed by atoms with van der Waals surface area (Å²) in [5.74, 6) is 0. The first-order valence-corrected chi connectivity index (χ1v) is 6.67. The maximum Gasteiger partial charge on any atom is 0.0988 e. The van der Waals surface area contributed by atoms with Gasteiger partial charge in [0.05, 0.1) is 12.7 Å². The van der Waals surface area contributed by atoms with Crippen LogP contribution in [0.3, 0.4) is 0 Å². The Kier molecular flexibility index (Phi) is 4.52. The van der Waals surface area contributed by atoms with Crippen LogP contribution in [0.15, 0.2) is 48.6 Å². The van der Waals surface area contributed by atoms with E-state index in [0.29, 0.717) is 6.42 Å². The second kappa shape index (κ2) is 6.33. The predicted molar refractivity (Wildman–Crippen MR) is 76.0 cm³/mol. The fourth-order valence-corrected chi connectivity index (χ4v) is 2.43. The lowest BCUT2D eigenvalue weighted by atomic mass is 9.76. The Bertz CT molecular complexity index is 510. The molecular formula is C17H18FN. The van der Waals surface area contributed by atoms with Crippen LogP contribution in [0.2, 0.25) is 0 Å². The highest BCUT2D eigenvalue weighted by Crippen LogP contribution is 2.37. The second-order valence-corrected chi connectivity index (χ2v) is 5.07. The topological polar surface area (TPSA) is 23.8 Å². The van der Waals surface area contributed by atoms with E-state index in [1.54, 1.807) is 0 Å². The van der Waals surface area contributed by atoms with Gasteiger partial charge in [0.15, 0.2) is 0 Å². The maximum absolute atomic E-state index is 13.3. The number of nitrogens with zero attached hydrogens (tertiary/aromatic N) is 1. The molecule has 0 amide bonds. The smallest absolute Gasteiger partial charge is 0.0988 e. The Hall–Kier alpha value is -1.88. The number of halogens is 1. The van der Waals surface area contributed by atoms with Crippen LogP contribution in [-0.4, -0.2) is 6.67 Å². The van der Waals surface area contributed by atoms with E-state index in [4.69, 9.17) is 5.26 Å². The molecule has 98 valence electrons. The molecule has 1 aromatic carbocycles. The molecule has 0 saturated heterocycles. The molecular weight excluding hydrogens is 237 g/mol. The Morgan fingerprint density at radius 1 is 1.26 bits per heavy atom. The summed E-state index contributed by atoms with van der Waals surface area (Å²) in [6, 6.07) is 12.3. The highest BCUT2D eigenvalue weighted by molar-refractivity contribution is 5.75. The summed E-state index contributed by atoms with van der Waals surface area (Å²) in [7, 11) is 0. The zero-order valence-electron chi connectivity index (χ0n) is 11.0. The average molecular weight is 255 g/mol. The molecule has 0 aliphatic heterocycles. The Balaban J connectivity index is 2.06. The van der Waals surface area contributed by atoms with Gasteiger partial charge in [0.25, 0.3) is 0 Å². The van der Waals surface area contributed by atoms with Crippen molar-refractivity contribution in [3.8, 4) is 6.07 Å². The highest BCUT2D eigenvalue weighted by Gasteiger charge is 2.28. The number of allylic oxidation sites excluding steroid dienone is 4. The summed E-state index contributed by atoms with van der Waals surface area (Å²) in [5, 5.41) is 8.57. The van der Waals surface area contributed by atoms with Crippen molar-refractivity contribution in [2.45, 2.75) is 25.7 Å². The van der Waals surface area contributed by atoms with Crippen molar-refractivity contribution >= 4 is 5.57 Å². The summed E-state index contributed by atoms with van der Waals surface area (Å²) in [6.45, 7) is -0.354. The normalized spacial score (nSPS) is 21.8. The zero-order valence-corrected chi connectivity index (χ0v) is 11.0. The van der Waals surface area contributed by atoms with Gasteiger partial charge in [0.1, 0.15) is 0 Å². The lowest BCUT2D eigenvalue weighted by molar-refractivity contribution is 0.249. The Labute approximate surface area is 114 Å². The summed E-state index contributed by atoms with van der Waals surface area (Å²) in [4.78, 5) is 0. The molecule has 0 spiro atoms. The number of rotatable bonds is 5. The van der Waals surface area contributed by atoms with Gasteiger partial charge >= 0.3 is 0 Å². The molecule has 1 unspecified atom stereocenters. The molecule has 1 aromatic rings. The lowest BCUT2D eigenvalue weighted by Gasteiger charge is -2.29. The predicted octanol–water partition coefficient (Wildman–Crippen LogP) is 4.68. The van der Waals surface area contributed by atoms with Crippen molar-refractivity contribution in [2.75, 3.05) is 6.67 Å². The van der Waals surface area contributed by atoms with Crippen LogP contribution in [0, 0.1) is 16.7 Å². The molecule has 0 N–H and O–H groups in total. The molecule has 1 aliphatic carbocycles. The van der Waals surface area contributed by atoms with Gasteiger partial charge in [-0.2, -0.15) is 5.26 Å². The summed E-state index contributed by atoms with van der Waals surface area (Å²) in [5.41, 5.74) is 1.93. The van der Waals surface area contributed by atoms with E-state index in [1.165, 1.54) is 5.56 Å². The van der Waals surface area contributed by atoms with Crippen molar-refractivity contribution in [3.63, 3.8) is 0 Å². The van der Waals surface area contributed by atoms with E-state index in [-0.39, 0.29) is 6.67 Å². The number of nitriles is 1. The van der Waals surface area contributed by atoms with Crippen LogP contribution in [0.25, 0.3) is 5.57 Å². The van der Waals surface area contributed by atoms with Crippen molar-refractivity contribution in [1.29, 1.82) is 5.26 Å². The van der Waals surface area contributed by atoms with Crippen LogP contribution in [-0.2, 0) is 0 Å². The molecule has 0 bridgehead atoms. The fraction of sp³-hybridized carbons (Fsp3) is 0.353. The standard InChI is InChI=1S/C17H18FN/c18-14-17(10-4-5-13-19)11-8-16(9-12-17)15-6-2-1-3-7-15/h1-3,6-9,11H,4-5,10,12,14H2. The molecule has 0 saturated carbocycles. The first-order chi connectivity index (χ1) is 9.29. The molecule has 1 nitrogen and oxygen atoms in total. The average Bonchev–Trinajstić information content (AvgIpc) is 2.49. The van der Waals surface area contributed by atoms with E-state index in [1.807, 2.05) is 30.4 Å². The molecule has 0 radical (unpaired) electrons. The largest absolute Gasteiger partial charge is 0.250 e. The molecule has 19 heavy (non-hydrogen) atoms. The van der Waals surface area contributed by atoms with Crippen LogP contribution in [0.5, 0.6) is 0 Å². The first-order valence-electron chi connectivity index (χ1n) is 6.67. The van der Waals surface area contributed by atoms with E-state index in [0.717, 1.165) is 24.8 Å². The lowest BCUT2D eigenvalue weighted by Crippen LogP contribution is -2.21. The minimum absolute atomic E-state index is 0.354. The van der Waals surface area contributed by atoms with E-state index < -0.39 is 5.41 Å². The third kappa shape index (κ3) is 3.32. The summed E-state index contributed by atoms with van der Waals surface area (Å²) in [6.07, 6.45) is 8.85. The molecule has 0 heterocycles. The Morgan fingerprint density at radius 2 is 2.05 bits per heavy atom. The zero-order chi connectivity index (χ0) is 13.6. The van der Waals surface area contributed by atoms with Gasteiger partial charge in [-0.3, -0.25) is 4.39 Å². The van der Waals surface area contributed by atoms with E-state index in [2.05, 4.69) is 24.3 Å². The molecule has 1 aliphatic rings. The highest BCUT2D eigenvalue weighted by atomic mass is 19.1. The van der Waals surface area contributed by atoms with Gasteiger partial charge in [-0.25, -0.2) is 0 Å². The SMILES string of the molecule is N#CCCCC1(CF)C=CC(c2ccccc2)=CC1. The van der Waals surface area contributed by atoms with Crippen molar-refractivity contribution in [2.24, 2.45) is 5.41 Å². The molecule has 2 rings (SSSR count). The number of hydrogen-bond acceptors (Lipinski definition) is 1. The second-order valence-electron chi connectivity index (χ2n) is 5.07. The van der Waals surface area contributed by atoms with Crippen molar-refractivity contribution in [3.05, 3.63) is 54.1 Å². The van der Waals surface area contributed by atoms with Gasteiger partial charge < -0.3 is 0 Å². The van der Waals surface area contributed by atoms with Crippen LogP contribution in [0.1, 0.15) is 31.2 Å². The van der Waals surface area contributed by atoms with Crippen molar-refractivity contribution in [1.82, 2.24) is 0 Å². The van der Waals surface area contributed by atoms with Gasteiger partial charge in [0, 0.05) is 11.8 Å². The summed E-state index contributed by atoms with van der Waals surface area (Å²) < 4.78 is 13.3. The van der Waals surface area contributed by atoms with E-state index in [9.17, 15) is 4.39 Å². The summed E-state index contributed by atoms with van der Waals surface area (Å²) >= 11 is 0. The van der Waals surface area contributed by atoms with E-state index >= 15 is 0 Å². The third-order valence-corrected chi connectivity index (χ3v) is 3.68. The monoisotopic (exact) mass is 255 g/mol. The minimum Gasteiger partial charge on any atom is -0.250 e. The fourth-order valence-electron chi connectivity index (χ4n) is 2.43. The quantitative estimate of drug-likeness (QED) is 0.701. The van der Waals surface area contributed by atoms with Gasteiger partial charge in [0.2, 0.25) is 0 Å². The number of unbranched alkanes of at least 4 members (excludes halogenated alkanes) is 1. The third-order valence-electron chi connectivity index (χ3n) is 3.68. The van der Waals surface area contributed by atoms with Crippen LogP contribution >= 0.6 is 0 Å². The van der Waals surface area contributed by atoms with Crippen molar-refractivity contribution < 1.29 is 4.39 Å². The Morgan fingerprint density at radius 3 is 2.63 bits per heavy atom. The van der Waals surface area contributed by atoms with Crippen LogP contribution < -0.4 is 0 Å². The van der Waals surface area contributed by atoms with Gasteiger partial charge in [-0.1, -0.05) is 48.6 Å². The first kappa shape index (κ1) is 13.5. The molecule has 0 fully saturated rings. The maximum atomic E-state index is 13.3. The number of hydrogen-bond donors (Lipinski definition) is 0. The molecule has 1 atom stereocenters. The molecule has 2 heteroatoms.